The first-order valence-corrected chi connectivity index (χ1v) is 6.81. The van der Waals surface area contributed by atoms with Gasteiger partial charge in [0.1, 0.15) is 11.6 Å². The van der Waals surface area contributed by atoms with Crippen molar-refractivity contribution in [2.75, 3.05) is 5.32 Å². The number of ketones is 1. The molecule has 1 fully saturated rings. The van der Waals surface area contributed by atoms with Gasteiger partial charge >= 0.3 is 0 Å². The molecule has 1 aromatic carbocycles. The number of nitrogens with one attached hydrogen (secondary N) is 1. The van der Waals surface area contributed by atoms with Crippen molar-refractivity contribution in [2.45, 2.75) is 26.2 Å². The molecule has 1 aliphatic carbocycles. The van der Waals surface area contributed by atoms with Crippen molar-refractivity contribution in [3.63, 3.8) is 0 Å². The fourth-order valence-electron chi connectivity index (χ4n) is 2.57. The molecular formula is C16H18FNO2. The zero-order valence-corrected chi connectivity index (χ0v) is 11.4. The van der Waals surface area contributed by atoms with Crippen LogP contribution in [-0.4, -0.2) is 11.7 Å². The second-order valence-electron chi connectivity index (χ2n) is 5.09. The van der Waals surface area contributed by atoms with E-state index in [1.165, 1.54) is 24.3 Å². The van der Waals surface area contributed by atoms with Gasteiger partial charge in [-0.2, -0.15) is 0 Å². The molecule has 1 N–H and O–H groups in total. The van der Waals surface area contributed by atoms with Gasteiger partial charge in [0.25, 0.3) is 0 Å². The molecule has 0 aromatic heterocycles. The molecule has 0 aliphatic heterocycles. The zero-order chi connectivity index (χ0) is 14.5. The van der Waals surface area contributed by atoms with E-state index in [0.717, 1.165) is 6.42 Å². The molecule has 0 saturated heterocycles. The van der Waals surface area contributed by atoms with E-state index in [-0.39, 0.29) is 29.3 Å². The SMILES string of the molecule is C/C=C/C(C(=O)Nc1ccc(F)cc1)C1CCC(=O)C1. The maximum Gasteiger partial charge on any atom is 0.231 e. The van der Waals surface area contributed by atoms with Crippen LogP contribution in [0.15, 0.2) is 36.4 Å². The van der Waals surface area contributed by atoms with Crippen LogP contribution in [0.2, 0.25) is 0 Å². The number of carbonyl (C=O) groups is 2. The number of hydrogen-bond acceptors (Lipinski definition) is 2. The summed E-state index contributed by atoms with van der Waals surface area (Å²) in [4.78, 5) is 23.7. The van der Waals surface area contributed by atoms with Crippen molar-refractivity contribution in [3.8, 4) is 0 Å². The predicted octanol–water partition coefficient (Wildman–Crippen LogP) is 3.33. The van der Waals surface area contributed by atoms with Gasteiger partial charge in [0, 0.05) is 18.5 Å². The second kappa shape index (κ2) is 6.46. The van der Waals surface area contributed by atoms with E-state index in [1.807, 2.05) is 19.1 Å². The van der Waals surface area contributed by atoms with Gasteiger partial charge in [-0.15, -0.1) is 0 Å². The molecule has 3 nitrogen and oxygen atoms in total. The van der Waals surface area contributed by atoms with Crippen molar-refractivity contribution >= 4 is 17.4 Å². The molecule has 0 radical (unpaired) electrons. The number of allylic oxidation sites excluding steroid dienone is 1. The number of hydrogen-bond donors (Lipinski definition) is 1. The fraction of sp³-hybridized carbons (Fsp3) is 0.375. The quantitative estimate of drug-likeness (QED) is 0.857. The van der Waals surface area contributed by atoms with Crippen LogP contribution in [0.4, 0.5) is 10.1 Å². The Labute approximate surface area is 117 Å². The van der Waals surface area contributed by atoms with E-state index >= 15 is 0 Å². The Balaban J connectivity index is 2.07. The molecule has 0 heterocycles. The average molecular weight is 275 g/mol. The highest BCUT2D eigenvalue weighted by atomic mass is 19.1. The Bertz CT molecular complexity index is 522. The minimum atomic E-state index is -0.339. The summed E-state index contributed by atoms with van der Waals surface area (Å²) in [5.41, 5.74) is 0.565. The first kappa shape index (κ1) is 14.4. The van der Waals surface area contributed by atoms with E-state index in [4.69, 9.17) is 0 Å². The van der Waals surface area contributed by atoms with Crippen molar-refractivity contribution in [1.82, 2.24) is 0 Å². The molecule has 106 valence electrons. The summed E-state index contributed by atoms with van der Waals surface area (Å²) in [6.07, 6.45) is 5.44. The van der Waals surface area contributed by atoms with Crippen LogP contribution < -0.4 is 5.32 Å². The van der Waals surface area contributed by atoms with Gasteiger partial charge in [-0.25, -0.2) is 4.39 Å². The van der Waals surface area contributed by atoms with Crippen LogP contribution >= 0.6 is 0 Å². The third-order valence-electron chi connectivity index (χ3n) is 3.61. The number of Topliss-reactive ketones (excluding diaryl/α,β-unsaturated/α-hetero) is 1. The second-order valence-corrected chi connectivity index (χ2v) is 5.09. The van der Waals surface area contributed by atoms with Gasteiger partial charge in [-0.1, -0.05) is 12.2 Å². The van der Waals surface area contributed by atoms with Crippen LogP contribution in [0.5, 0.6) is 0 Å². The van der Waals surface area contributed by atoms with Crippen molar-refractivity contribution in [2.24, 2.45) is 11.8 Å². The molecule has 0 bridgehead atoms. The molecule has 20 heavy (non-hydrogen) atoms. The summed E-state index contributed by atoms with van der Waals surface area (Å²) in [6, 6.07) is 5.66. The number of benzene rings is 1. The van der Waals surface area contributed by atoms with E-state index in [9.17, 15) is 14.0 Å². The molecule has 1 amide bonds. The Kier molecular flexibility index (Phi) is 4.66. The number of halogens is 1. The zero-order valence-electron chi connectivity index (χ0n) is 11.4. The molecule has 2 rings (SSSR count). The van der Waals surface area contributed by atoms with Crippen LogP contribution in [0, 0.1) is 17.7 Å². The summed E-state index contributed by atoms with van der Waals surface area (Å²) in [5.74, 6) is -0.501. The lowest BCUT2D eigenvalue weighted by molar-refractivity contribution is -0.120. The highest BCUT2D eigenvalue weighted by Crippen LogP contribution is 2.31. The minimum Gasteiger partial charge on any atom is -0.326 e. The van der Waals surface area contributed by atoms with E-state index in [0.29, 0.717) is 18.5 Å². The van der Waals surface area contributed by atoms with Crippen LogP contribution in [0.25, 0.3) is 0 Å². The van der Waals surface area contributed by atoms with Crippen LogP contribution in [-0.2, 0) is 9.59 Å². The lowest BCUT2D eigenvalue weighted by Gasteiger charge is -2.19. The van der Waals surface area contributed by atoms with E-state index in [1.54, 1.807) is 0 Å². The lowest BCUT2D eigenvalue weighted by Crippen LogP contribution is -2.27. The minimum absolute atomic E-state index is 0.0687. The van der Waals surface area contributed by atoms with Gasteiger partial charge in [0.15, 0.2) is 0 Å². The van der Waals surface area contributed by atoms with E-state index < -0.39 is 0 Å². The van der Waals surface area contributed by atoms with Gasteiger partial charge in [-0.3, -0.25) is 9.59 Å². The van der Waals surface area contributed by atoms with Crippen LogP contribution in [0.1, 0.15) is 26.2 Å². The molecule has 0 spiro atoms. The maximum absolute atomic E-state index is 12.8. The highest BCUT2D eigenvalue weighted by molar-refractivity contribution is 5.94. The van der Waals surface area contributed by atoms with Gasteiger partial charge in [0.2, 0.25) is 5.91 Å². The molecule has 1 saturated carbocycles. The monoisotopic (exact) mass is 275 g/mol. The number of carbonyl (C=O) groups excluding carboxylic acids is 2. The van der Waals surface area contributed by atoms with Crippen molar-refractivity contribution in [1.29, 1.82) is 0 Å². The number of anilines is 1. The normalized spacial score (nSPS) is 20.3. The van der Waals surface area contributed by atoms with Gasteiger partial charge in [-0.05, 0) is 43.5 Å². The van der Waals surface area contributed by atoms with Crippen molar-refractivity contribution in [3.05, 3.63) is 42.2 Å². The molecular weight excluding hydrogens is 257 g/mol. The Morgan fingerprint density at radius 3 is 2.65 bits per heavy atom. The number of rotatable bonds is 4. The van der Waals surface area contributed by atoms with Gasteiger partial charge < -0.3 is 5.32 Å². The predicted molar refractivity (Wildman–Crippen MR) is 75.7 cm³/mol. The van der Waals surface area contributed by atoms with E-state index in [2.05, 4.69) is 5.32 Å². The topological polar surface area (TPSA) is 46.2 Å². The first-order valence-electron chi connectivity index (χ1n) is 6.81. The Morgan fingerprint density at radius 2 is 2.10 bits per heavy atom. The lowest BCUT2D eigenvalue weighted by atomic mass is 9.89. The third kappa shape index (κ3) is 3.53. The molecule has 1 aliphatic rings. The Morgan fingerprint density at radius 1 is 1.40 bits per heavy atom. The Hall–Kier alpha value is -1.97. The summed E-state index contributed by atoms with van der Waals surface area (Å²) in [6.45, 7) is 1.86. The summed E-state index contributed by atoms with van der Waals surface area (Å²) < 4.78 is 12.8. The summed E-state index contributed by atoms with van der Waals surface area (Å²) >= 11 is 0. The van der Waals surface area contributed by atoms with Gasteiger partial charge in [0.05, 0.1) is 5.92 Å². The largest absolute Gasteiger partial charge is 0.326 e. The molecule has 4 heteroatoms. The maximum atomic E-state index is 12.8. The van der Waals surface area contributed by atoms with Crippen molar-refractivity contribution < 1.29 is 14.0 Å². The molecule has 2 atom stereocenters. The molecule has 1 aromatic rings. The van der Waals surface area contributed by atoms with Crippen LogP contribution in [0.3, 0.4) is 0 Å². The smallest absolute Gasteiger partial charge is 0.231 e. The average Bonchev–Trinajstić information content (AvgIpc) is 2.85. The standard InChI is InChI=1S/C16H18FNO2/c1-2-3-15(11-4-9-14(19)10-11)16(20)18-13-7-5-12(17)6-8-13/h2-3,5-8,11,15H,4,9-10H2,1H3,(H,18,20)/b3-2+. The summed E-state index contributed by atoms with van der Waals surface area (Å²) in [5, 5.41) is 2.78. The highest BCUT2D eigenvalue weighted by Gasteiger charge is 2.32. The third-order valence-corrected chi connectivity index (χ3v) is 3.61. The first-order chi connectivity index (χ1) is 9.60. The fourth-order valence-corrected chi connectivity index (χ4v) is 2.57. The number of amides is 1. The summed E-state index contributed by atoms with van der Waals surface area (Å²) in [7, 11) is 0. The molecule has 2 unspecified atom stereocenters.